The fourth-order valence-corrected chi connectivity index (χ4v) is 3.51. The first-order valence-electron chi connectivity index (χ1n) is 8.18. The van der Waals surface area contributed by atoms with E-state index in [0.717, 1.165) is 35.9 Å². The molecule has 2 aromatic rings. The Bertz CT molecular complexity index is 641. The van der Waals surface area contributed by atoms with Crippen LogP contribution in [0.4, 0.5) is 0 Å². The zero-order chi connectivity index (χ0) is 15.9. The van der Waals surface area contributed by atoms with Gasteiger partial charge in [-0.25, -0.2) is 0 Å². The number of hydrogen-bond acceptors (Lipinski definition) is 4. The third-order valence-electron chi connectivity index (χ3n) is 3.97. The highest BCUT2D eigenvalue weighted by molar-refractivity contribution is 8.00. The van der Waals surface area contributed by atoms with E-state index in [1.807, 2.05) is 30.3 Å². The lowest BCUT2D eigenvalue weighted by molar-refractivity contribution is -0.118. The topological polar surface area (TPSA) is 59.8 Å². The van der Waals surface area contributed by atoms with Crippen molar-refractivity contribution in [3.05, 3.63) is 42.0 Å². The van der Waals surface area contributed by atoms with Gasteiger partial charge in [0.2, 0.25) is 5.91 Å². The van der Waals surface area contributed by atoms with E-state index in [-0.39, 0.29) is 5.91 Å². The van der Waals surface area contributed by atoms with Crippen molar-refractivity contribution >= 4 is 17.7 Å². The van der Waals surface area contributed by atoms with E-state index in [2.05, 4.69) is 20.1 Å². The fraction of sp³-hybridized carbons (Fsp3) is 0.471. The molecule has 0 saturated carbocycles. The van der Waals surface area contributed by atoms with Crippen molar-refractivity contribution in [2.45, 2.75) is 43.5 Å². The number of thioether (sulfide) groups is 1. The maximum absolute atomic E-state index is 11.9. The van der Waals surface area contributed by atoms with E-state index in [4.69, 9.17) is 0 Å². The van der Waals surface area contributed by atoms with Crippen molar-refractivity contribution in [1.29, 1.82) is 0 Å². The normalized spacial score (nSPS) is 14.1. The van der Waals surface area contributed by atoms with Gasteiger partial charge in [0.05, 0.1) is 5.75 Å². The Hall–Kier alpha value is -1.82. The van der Waals surface area contributed by atoms with Gasteiger partial charge in [0.1, 0.15) is 11.6 Å². The summed E-state index contributed by atoms with van der Waals surface area (Å²) in [6.07, 6.45) is 5.42. The first kappa shape index (κ1) is 16.1. The second-order valence-electron chi connectivity index (χ2n) is 5.70. The van der Waals surface area contributed by atoms with Crippen LogP contribution >= 0.6 is 11.8 Å². The average molecular weight is 330 g/mol. The highest BCUT2D eigenvalue weighted by atomic mass is 32.2. The lowest BCUT2D eigenvalue weighted by Gasteiger charge is -2.08. The van der Waals surface area contributed by atoms with Gasteiger partial charge < -0.3 is 9.88 Å². The second kappa shape index (κ2) is 8.15. The Kier molecular flexibility index (Phi) is 5.69. The summed E-state index contributed by atoms with van der Waals surface area (Å²) in [5.41, 5.74) is 0. The summed E-state index contributed by atoms with van der Waals surface area (Å²) in [6, 6.07) is 9.98. The van der Waals surface area contributed by atoms with Crippen LogP contribution in [0.15, 0.2) is 35.2 Å². The molecule has 0 aliphatic carbocycles. The Balaban J connectivity index is 1.43. The first-order chi connectivity index (χ1) is 11.3. The van der Waals surface area contributed by atoms with Gasteiger partial charge in [-0.15, -0.1) is 22.0 Å². The molecule has 122 valence electrons. The van der Waals surface area contributed by atoms with Crippen molar-refractivity contribution in [1.82, 2.24) is 20.1 Å². The molecule has 1 aliphatic heterocycles. The number of nitrogens with one attached hydrogen (secondary N) is 1. The quantitative estimate of drug-likeness (QED) is 0.827. The second-order valence-corrected chi connectivity index (χ2v) is 6.75. The summed E-state index contributed by atoms with van der Waals surface area (Å²) in [5, 5.41) is 11.5. The molecule has 0 atom stereocenters. The van der Waals surface area contributed by atoms with Gasteiger partial charge in [-0.05, 0) is 25.0 Å². The number of amides is 1. The maximum atomic E-state index is 11.9. The van der Waals surface area contributed by atoms with Gasteiger partial charge in [0.25, 0.3) is 0 Å². The number of benzene rings is 1. The molecule has 0 fully saturated rings. The number of carbonyl (C=O) groups excluding carboxylic acids is 1. The van der Waals surface area contributed by atoms with E-state index in [1.165, 1.54) is 19.3 Å². The predicted molar refractivity (Wildman–Crippen MR) is 91.5 cm³/mol. The molecule has 5 nitrogen and oxygen atoms in total. The van der Waals surface area contributed by atoms with Gasteiger partial charge in [-0.2, -0.15) is 0 Å². The minimum absolute atomic E-state index is 0.0643. The van der Waals surface area contributed by atoms with Gasteiger partial charge in [0, 0.05) is 30.8 Å². The first-order valence-corrected chi connectivity index (χ1v) is 9.17. The Morgan fingerprint density at radius 3 is 2.91 bits per heavy atom. The van der Waals surface area contributed by atoms with Crippen LogP contribution in [-0.2, 0) is 24.2 Å². The summed E-state index contributed by atoms with van der Waals surface area (Å²) in [7, 11) is 0. The molecular weight excluding hydrogens is 308 g/mol. The third kappa shape index (κ3) is 4.58. The molecule has 2 heterocycles. The standard InChI is InChI=1S/C17H22N4OS/c22-17(13-23-14-7-3-1-4-8-14)18-11-10-16-20-19-15-9-5-2-6-12-21(15)16/h1,3-4,7-8H,2,5-6,9-13H2,(H,18,22). The molecule has 3 rings (SSSR count). The van der Waals surface area contributed by atoms with Crippen LogP contribution in [0.3, 0.4) is 0 Å². The fourth-order valence-electron chi connectivity index (χ4n) is 2.76. The molecule has 0 radical (unpaired) electrons. The minimum atomic E-state index is 0.0643. The maximum Gasteiger partial charge on any atom is 0.230 e. The SMILES string of the molecule is O=C(CSc1ccccc1)NCCc1nnc2n1CCCCC2. The zero-order valence-corrected chi connectivity index (χ0v) is 14.0. The van der Waals surface area contributed by atoms with Crippen LogP contribution in [0.25, 0.3) is 0 Å². The molecule has 6 heteroatoms. The lowest BCUT2D eigenvalue weighted by atomic mass is 10.2. The van der Waals surface area contributed by atoms with E-state index < -0.39 is 0 Å². The van der Waals surface area contributed by atoms with Crippen molar-refractivity contribution in [3.63, 3.8) is 0 Å². The number of fused-ring (bicyclic) bond motifs is 1. The molecule has 1 amide bonds. The molecule has 0 spiro atoms. The van der Waals surface area contributed by atoms with Crippen molar-refractivity contribution in [2.24, 2.45) is 0 Å². The van der Waals surface area contributed by atoms with E-state index in [9.17, 15) is 4.79 Å². The zero-order valence-electron chi connectivity index (χ0n) is 13.2. The summed E-state index contributed by atoms with van der Waals surface area (Å²) in [6.45, 7) is 1.63. The highest BCUT2D eigenvalue weighted by Gasteiger charge is 2.14. The van der Waals surface area contributed by atoms with Crippen LogP contribution in [-0.4, -0.2) is 33.0 Å². The molecule has 1 aromatic carbocycles. The van der Waals surface area contributed by atoms with E-state index in [1.54, 1.807) is 11.8 Å². The number of carbonyl (C=O) groups is 1. The average Bonchev–Trinajstić information content (AvgIpc) is 2.81. The number of hydrogen-bond donors (Lipinski definition) is 1. The number of nitrogens with zero attached hydrogens (tertiary/aromatic N) is 3. The third-order valence-corrected chi connectivity index (χ3v) is 4.98. The van der Waals surface area contributed by atoms with Crippen LogP contribution in [0.2, 0.25) is 0 Å². The summed E-state index contributed by atoms with van der Waals surface area (Å²) in [4.78, 5) is 13.0. The number of aromatic nitrogens is 3. The molecule has 0 saturated heterocycles. The Labute approximate surface area is 140 Å². The summed E-state index contributed by atoms with van der Waals surface area (Å²) >= 11 is 1.56. The van der Waals surface area contributed by atoms with Gasteiger partial charge >= 0.3 is 0 Å². The molecule has 1 aromatic heterocycles. The van der Waals surface area contributed by atoms with Gasteiger partial charge in [-0.3, -0.25) is 4.79 Å². The molecule has 23 heavy (non-hydrogen) atoms. The van der Waals surface area contributed by atoms with Crippen LogP contribution < -0.4 is 5.32 Å². The van der Waals surface area contributed by atoms with Gasteiger partial charge in [0.15, 0.2) is 0 Å². The smallest absolute Gasteiger partial charge is 0.230 e. The molecule has 1 N–H and O–H groups in total. The summed E-state index contributed by atoms with van der Waals surface area (Å²) < 4.78 is 2.23. The van der Waals surface area contributed by atoms with E-state index in [0.29, 0.717) is 12.3 Å². The monoisotopic (exact) mass is 330 g/mol. The largest absolute Gasteiger partial charge is 0.355 e. The summed E-state index contributed by atoms with van der Waals surface area (Å²) in [5.74, 6) is 2.61. The molecular formula is C17H22N4OS. The van der Waals surface area contributed by atoms with Crippen molar-refractivity contribution in [2.75, 3.05) is 12.3 Å². The lowest BCUT2D eigenvalue weighted by Crippen LogP contribution is -2.28. The highest BCUT2D eigenvalue weighted by Crippen LogP contribution is 2.16. The van der Waals surface area contributed by atoms with Gasteiger partial charge in [-0.1, -0.05) is 24.6 Å². The van der Waals surface area contributed by atoms with E-state index >= 15 is 0 Å². The Morgan fingerprint density at radius 1 is 1.17 bits per heavy atom. The number of aryl methyl sites for hydroxylation is 1. The van der Waals surface area contributed by atoms with Crippen LogP contribution in [0.1, 0.15) is 30.9 Å². The molecule has 0 bridgehead atoms. The Morgan fingerprint density at radius 2 is 2.04 bits per heavy atom. The van der Waals surface area contributed by atoms with Crippen LogP contribution in [0.5, 0.6) is 0 Å². The van der Waals surface area contributed by atoms with Crippen molar-refractivity contribution < 1.29 is 4.79 Å². The molecule has 1 aliphatic rings. The van der Waals surface area contributed by atoms with Crippen molar-refractivity contribution in [3.8, 4) is 0 Å². The minimum Gasteiger partial charge on any atom is -0.355 e. The number of rotatable bonds is 6. The van der Waals surface area contributed by atoms with Crippen LogP contribution in [0, 0.1) is 0 Å². The molecule has 0 unspecified atom stereocenters. The predicted octanol–water partition coefficient (Wildman–Crippen LogP) is 2.46.